The van der Waals surface area contributed by atoms with Crippen molar-refractivity contribution in [2.75, 3.05) is 6.54 Å². The Morgan fingerprint density at radius 3 is 1.98 bits per heavy atom. The number of amides is 5. The summed E-state index contributed by atoms with van der Waals surface area (Å²) < 4.78 is 0. The van der Waals surface area contributed by atoms with Crippen LogP contribution in [0.2, 0.25) is 0 Å². The average molecular weight is 578 g/mol. The van der Waals surface area contributed by atoms with Gasteiger partial charge >= 0.3 is 0 Å². The Hall–Kier alpha value is -4.25. The summed E-state index contributed by atoms with van der Waals surface area (Å²) in [5.41, 5.74) is 3.29. The highest BCUT2D eigenvalue weighted by atomic mass is 16.5. The molecule has 5 amide bonds. The minimum absolute atomic E-state index is 0.141. The SMILES string of the molecule is O=C(CCCCC[C@@H]1NC(=O)[C@@H]2CCCN2C(=O)[C@@H](Cc2ccccc2)NC(=O)[C@H](Cc2ccccc2)NC1=O)NO. The average Bonchev–Trinajstić information content (AvgIpc) is 3.50. The fourth-order valence-corrected chi connectivity index (χ4v) is 5.56. The second-order valence-corrected chi connectivity index (χ2v) is 10.9. The molecular formula is C31H39N5O6. The fraction of sp³-hybridized carbons (Fsp3) is 0.452. The van der Waals surface area contributed by atoms with E-state index in [9.17, 15) is 24.0 Å². The number of hydrogen-bond donors (Lipinski definition) is 5. The highest BCUT2D eigenvalue weighted by molar-refractivity contribution is 5.98. The largest absolute Gasteiger partial charge is 0.343 e. The molecule has 4 atom stereocenters. The number of nitrogens with zero attached hydrogens (tertiary/aromatic N) is 1. The molecule has 4 rings (SSSR count). The summed E-state index contributed by atoms with van der Waals surface area (Å²) in [6.45, 7) is 0.384. The van der Waals surface area contributed by atoms with Crippen LogP contribution in [0.1, 0.15) is 56.1 Å². The molecule has 2 aliphatic rings. The molecule has 0 radical (unpaired) electrons. The maximum Gasteiger partial charge on any atom is 0.246 e. The lowest BCUT2D eigenvalue weighted by Crippen LogP contribution is -2.61. The topological polar surface area (TPSA) is 157 Å². The number of carbonyl (C=O) groups excluding carboxylic acids is 5. The van der Waals surface area contributed by atoms with Crippen LogP contribution in [0.25, 0.3) is 0 Å². The molecule has 0 unspecified atom stereocenters. The van der Waals surface area contributed by atoms with Gasteiger partial charge in [-0.15, -0.1) is 0 Å². The second-order valence-electron chi connectivity index (χ2n) is 10.9. The zero-order valence-corrected chi connectivity index (χ0v) is 23.6. The van der Waals surface area contributed by atoms with E-state index >= 15 is 0 Å². The van der Waals surface area contributed by atoms with Crippen LogP contribution in [0, 0.1) is 0 Å². The van der Waals surface area contributed by atoms with E-state index in [0.29, 0.717) is 38.6 Å². The van der Waals surface area contributed by atoms with Crippen LogP contribution in [0.5, 0.6) is 0 Å². The lowest BCUT2D eigenvalue weighted by molar-refractivity contribution is -0.143. The third kappa shape index (κ3) is 8.39. The van der Waals surface area contributed by atoms with E-state index in [1.165, 1.54) is 4.90 Å². The highest BCUT2D eigenvalue weighted by Crippen LogP contribution is 2.21. The molecule has 2 aromatic rings. The number of hydroxylamine groups is 1. The van der Waals surface area contributed by atoms with Gasteiger partial charge in [-0.1, -0.05) is 73.5 Å². The molecule has 42 heavy (non-hydrogen) atoms. The molecule has 11 heteroatoms. The first-order chi connectivity index (χ1) is 20.4. The maximum absolute atomic E-state index is 13.9. The molecule has 0 spiro atoms. The Morgan fingerprint density at radius 1 is 0.762 bits per heavy atom. The summed E-state index contributed by atoms with van der Waals surface area (Å²) in [7, 11) is 0. The van der Waals surface area contributed by atoms with Gasteiger partial charge in [0.25, 0.3) is 0 Å². The van der Waals surface area contributed by atoms with E-state index in [0.717, 1.165) is 11.1 Å². The van der Waals surface area contributed by atoms with Gasteiger partial charge in [0.05, 0.1) is 0 Å². The third-order valence-electron chi connectivity index (χ3n) is 7.81. The van der Waals surface area contributed by atoms with Gasteiger partial charge in [-0.3, -0.25) is 29.2 Å². The van der Waals surface area contributed by atoms with Crippen LogP contribution < -0.4 is 21.4 Å². The van der Waals surface area contributed by atoms with Crippen molar-refractivity contribution in [2.24, 2.45) is 0 Å². The Morgan fingerprint density at radius 2 is 1.33 bits per heavy atom. The zero-order valence-electron chi connectivity index (χ0n) is 23.6. The number of fused-ring (bicyclic) bond motifs is 1. The van der Waals surface area contributed by atoms with Crippen LogP contribution in [0.15, 0.2) is 60.7 Å². The molecule has 2 aromatic carbocycles. The van der Waals surface area contributed by atoms with E-state index in [2.05, 4.69) is 16.0 Å². The molecule has 2 saturated heterocycles. The standard InChI is InChI=1S/C31H39N5O6/c37-27(35-42)17-9-3-8-15-23-28(38)33-24(19-21-11-4-1-5-12-21)29(39)34-25(20-22-13-6-2-7-14-22)31(41)36-18-10-16-26(36)30(40)32-23/h1-2,4-7,11-14,23-26,42H,3,8-10,15-20H2,(H,32,40)(H,33,38)(H,34,39)(H,35,37)/t23-,24-,25+,26-/m0/s1. The fourth-order valence-electron chi connectivity index (χ4n) is 5.56. The maximum atomic E-state index is 13.9. The summed E-state index contributed by atoms with van der Waals surface area (Å²) in [6, 6.07) is 15.1. The molecule has 5 N–H and O–H groups in total. The third-order valence-corrected chi connectivity index (χ3v) is 7.81. The van der Waals surface area contributed by atoms with Crippen LogP contribution in [-0.2, 0) is 36.8 Å². The summed E-state index contributed by atoms with van der Waals surface area (Å²) >= 11 is 0. The van der Waals surface area contributed by atoms with Gasteiger partial charge in [0, 0.05) is 25.8 Å². The molecule has 2 aliphatic heterocycles. The number of rotatable bonds is 10. The lowest BCUT2D eigenvalue weighted by atomic mass is 10.00. The van der Waals surface area contributed by atoms with E-state index in [-0.39, 0.29) is 31.6 Å². The van der Waals surface area contributed by atoms with Crippen LogP contribution >= 0.6 is 0 Å². The van der Waals surface area contributed by atoms with E-state index in [1.54, 1.807) is 5.48 Å². The molecule has 224 valence electrons. The van der Waals surface area contributed by atoms with Crippen molar-refractivity contribution in [2.45, 2.75) is 82.0 Å². The van der Waals surface area contributed by atoms with E-state index in [1.807, 2.05) is 60.7 Å². The Bertz CT molecular complexity index is 1240. The first-order valence-corrected chi connectivity index (χ1v) is 14.6. The van der Waals surface area contributed by atoms with Crippen molar-refractivity contribution in [3.8, 4) is 0 Å². The van der Waals surface area contributed by atoms with Crippen LogP contribution in [0.4, 0.5) is 0 Å². The highest BCUT2D eigenvalue weighted by Gasteiger charge is 2.40. The van der Waals surface area contributed by atoms with Crippen molar-refractivity contribution in [3.05, 3.63) is 71.8 Å². The molecule has 2 heterocycles. The van der Waals surface area contributed by atoms with Gasteiger partial charge in [0.2, 0.25) is 29.5 Å². The summed E-state index contributed by atoms with van der Waals surface area (Å²) in [5, 5.41) is 17.3. The van der Waals surface area contributed by atoms with Gasteiger partial charge in [-0.05, 0) is 36.8 Å². The van der Waals surface area contributed by atoms with Crippen molar-refractivity contribution < 1.29 is 29.2 Å². The molecule has 0 bridgehead atoms. The normalized spacial score (nSPS) is 23.1. The van der Waals surface area contributed by atoms with Crippen LogP contribution in [0.3, 0.4) is 0 Å². The Kier molecular flexibility index (Phi) is 11.0. The number of nitrogens with one attached hydrogen (secondary N) is 4. The number of unbranched alkanes of at least 4 members (excludes halogenated alkanes) is 2. The van der Waals surface area contributed by atoms with Gasteiger partial charge in [0.15, 0.2) is 0 Å². The van der Waals surface area contributed by atoms with Crippen LogP contribution in [-0.4, -0.2) is 70.4 Å². The molecule has 11 nitrogen and oxygen atoms in total. The second kappa shape index (κ2) is 15.1. The molecule has 2 fully saturated rings. The Labute approximate surface area is 245 Å². The lowest BCUT2D eigenvalue weighted by Gasteiger charge is -2.32. The molecule has 0 aromatic heterocycles. The predicted molar refractivity (Wildman–Crippen MR) is 154 cm³/mol. The van der Waals surface area contributed by atoms with Gasteiger partial charge in [-0.25, -0.2) is 5.48 Å². The monoisotopic (exact) mass is 577 g/mol. The van der Waals surface area contributed by atoms with Crippen molar-refractivity contribution in [3.63, 3.8) is 0 Å². The predicted octanol–water partition coefficient (Wildman–Crippen LogP) is 1.39. The smallest absolute Gasteiger partial charge is 0.246 e. The minimum atomic E-state index is -0.979. The number of benzene rings is 2. The van der Waals surface area contributed by atoms with Gasteiger partial charge < -0.3 is 20.9 Å². The van der Waals surface area contributed by atoms with Crippen molar-refractivity contribution in [1.82, 2.24) is 26.3 Å². The summed E-state index contributed by atoms with van der Waals surface area (Å²) in [5.74, 6) is -2.17. The minimum Gasteiger partial charge on any atom is -0.343 e. The van der Waals surface area contributed by atoms with Crippen molar-refractivity contribution in [1.29, 1.82) is 0 Å². The van der Waals surface area contributed by atoms with Gasteiger partial charge in [0.1, 0.15) is 24.2 Å². The quantitative estimate of drug-likeness (QED) is 0.163. The summed E-state index contributed by atoms with van der Waals surface area (Å²) in [4.78, 5) is 67.5. The number of hydrogen-bond acceptors (Lipinski definition) is 6. The van der Waals surface area contributed by atoms with Crippen molar-refractivity contribution >= 4 is 29.5 Å². The Balaban J connectivity index is 1.59. The summed E-state index contributed by atoms with van der Waals surface area (Å²) in [6.07, 6.45) is 3.60. The van der Waals surface area contributed by atoms with E-state index in [4.69, 9.17) is 5.21 Å². The number of carbonyl (C=O) groups is 5. The van der Waals surface area contributed by atoms with Gasteiger partial charge in [-0.2, -0.15) is 0 Å². The molecule has 0 aliphatic carbocycles. The zero-order chi connectivity index (χ0) is 29.9. The molecule has 0 saturated carbocycles. The molecular weight excluding hydrogens is 538 g/mol. The van der Waals surface area contributed by atoms with E-state index < -0.39 is 47.8 Å². The first kappa shape index (κ1) is 30.7. The first-order valence-electron chi connectivity index (χ1n) is 14.6.